The predicted octanol–water partition coefficient (Wildman–Crippen LogP) is 4.62. The highest BCUT2D eigenvalue weighted by molar-refractivity contribution is 6.51. The lowest BCUT2D eigenvalue weighted by atomic mass is 9.95. The minimum absolute atomic E-state index is 0.0234. The average Bonchev–Trinajstić information content (AvgIpc) is 3.08. The van der Waals surface area contributed by atoms with E-state index < -0.39 is 35.6 Å². The van der Waals surface area contributed by atoms with Crippen molar-refractivity contribution in [3.8, 4) is 11.5 Å². The quantitative estimate of drug-likeness (QED) is 0.333. The largest absolute Gasteiger partial charge is 0.573 e. The van der Waals surface area contributed by atoms with Gasteiger partial charge in [-0.05, 0) is 42.0 Å². The molecule has 0 aliphatic carbocycles. The molecule has 0 spiro atoms. The summed E-state index contributed by atoms with van der Waals surface area (Å²) in [6, 6.07) is 13.0. The Bertz CT molecular complexity index is 1270. The maximum Gasteiger partial charge on any atom is 0.573 e. The Balaban J connectivity index is 1.91. The molecule has 1 fully saturated rings. The number of ether oxygens (including phenoxy) is 2. The lowest BCUT2D eigenvalue weighted by Gasteiger charge is -2.26. The number of amides is 1. The number of methoxy groups -OCH3 is 1. The first-order valence-electron chi connectivity index (χ1n) is 9.91. The number of hydrogen-bond acceptors (Lipinski definition) is 6. The lowest BCUT2D eigenvalue weighted by Crippen LogP contribution is -2.29. The van der Waals surface area contributed by atoms with E-state index in [1.165, 1.54) is 49.8 Å². The van der Waals surface area contributed by atoms with E-state index in [0.29, 0.717) is 5.56 Å². The van der Waals surface area contributed by atoms with Gasteiger partial charge >= 0.3 is 6.36 Å². The summed E-state index contributed by atoms with van der Waals surface area (Å²) in [7, 11) is 1.39. The van der Waals surface area contributed by atoms with Crippen LogP contribution in [0.25, 0.3) is 5.76 Å². The van der Waals surface area contributed by atoms with Crippen molar-refractivity contribution in [1.29, 1.82) is 0 Å². The molecule has 34 heavy (non-hydrogen) atoms. The molecule has 0 saturated carbocycles. The summed E-state index contributed by atoms with van der Waals surface area (Å²) in [4.78, 5) is 31.2. The Morgan fingerprint density at radius 2 is 1.74 bits per heavy atom. The van der Waals surface area contributed by atoms with Gasteiger partial charge in [0.05, 0.1) is 24.3 Å². The van der Waals surface area contributed by atoms with E-state index in [0.717, 1.165) is 17.0 Å². The minimum Gasteiger partial charge on any atom is -0.507 e. The Morgan fingerprint density at radius 3 is 2.41 bits per heavy atom. The van der Waals surface area contributed by atoms with Crippen LogP contribution in [-0.2, 0) is 9.59 Å². The summed E-state index contributed by atoms with van der Waals surface area (Å²) >= 11 is 0. The predicted molar refractivity (Wildman–Crippen MR) is 115 cm³/mol. The van der Waals surface area contributed by atoms with E-state index in [1.807, 2.05) is 0 Å². The smallest absolute Gasteiger partial charge is 0.507 e. The third kappa shape index (κ3) is 4.29. The molecule has 2 aromatic carbocycles. The molecule has 1 amide bonds. The fourth-order valence-electron chi connectivity index (χ4n) is 3.78. The van der Waals surface area contributed by atoms with Gasteiger partial charge in [-0.2, -0.15) is 0 Å². The molecule has 1 aliphatic heterocycles. The topological polar surface area (TPSA) is 89.0 Å². The number of aliphatic hydroxyl groups is 1. The molecule has 1 aromatic heterocycles. The zero-order valence-electron chi connectivity index (χ0n) is 17.6. The number of para-hydroxylation sites is 1. The van der Waals surface area contributed by atoms with Crippen molar-refractivity contribution in [2.45, 2.75) is 12.4 Å². The van der Waals surface area contributed by atoms with E-state index in [4.69, 9.17) is 4.74 Å². The highest BCUT2D eigenvalue weighted by atomic mass is 19.4. The molecule has 1 aliphatic rings. The van der Waals surface area contributed by atoms with Gasteiger partial charge in [-0.3, -0.25) is 19.5 Å². The number of nitrogens with zero attached hydrogens (tertiary/aromatic N) is 2. The number of ketones is 1. The lowest BCUT2D eigenvalue weighted by molar-refractivity contribution is -0.274. The van der Waals surface area contributed by atoms with Crippen molar-refractivity contribution in [3.05, 3.63) is 89.8 Å². The van der Waals surface area contributed by atoms with Gasteiger partial charge < -0.3 is 14.6 Å². The third-order valence-corrected chi connectivity index (χ3v) is 5.16. The Hall–Kier alpha value is -4.34. The van der Waals surface area contributed by atoms with Crippen LogP contribution in [-0.4, -0.2) is 35.3 Å². The molecule has 174 valence electrons. The van der Waals surface area contributed by atoms with Crippen LogP contribution in [0.2, 0.25) is 0 Å². The number of benzene rings is 2. The van der Waals surface area contributed by atoms with Gasteiger partial charge in [-0.25, -0.2) is 0 Å². The van der Waals surface area contributed by atoms with Gasteiger partial charge in [0.15, 0.2) is 0 Å². The molecule has 3 aromatic rings. The molecule has 0 bridgehead atoms. The highest BCUT2D eigenvalue weighted by Crippen LogP contribution is 2.43. The van der Waals surface area contributed by atoms with Crippen molar-refractivity contribution < 1.29 is 37.3 Å². The fraction of sp³-hybridized carbons (Fsp3) is 0.125. The summed E-state index contributed by atoms with van der Waals surface area (Å²) in [6.07, 6.45) is -2.08. The van der Waals surface area contributed by atoms with E-state index in [1.54, 1.807) is 18.2 Å². The minimum atomic E-state index is -4.94. The number of Topliss-reactive ketones (excluding diaryl/α,β-unsaturated/α-hetero) is 1. The van der Waals surface area contributed by atoms with Crippen LogP contribution in [0.4, 0.5) is 18.9 Å². The normalized spacial score (nSPS) is 17.6. The number of carbonyl (C=O) groups is 2. The van der Waals surface area contributed by atoms with Crippen LogP contribution in [0.3, 0.4) is 0 Å². The molecule has 1 atom stereocenters. The van der Waals surface area contributed by atoms with E-state index >= 15 is 0 Å². The van der Waals surface area contributed by atoms with Crippen molar-refractivity contribution >= 4 is 23.1 Å². The molecule has 4 rings (SSSR count). The molecule has 0 radical (unpaired) electrons. The van der Waals surface area contributed by atoms with E-state index in [9.17, 15) is 27.9 Å². The van der Waals surface area contributed by atoms with Gasteiger partial charge in [-0.15, -0.1) is 13.2 Å². The first-order chi connectivity index (χ1) is 16.2. The van der Waals surface area contributed by atoms with Gasteiger partial charge in [0, 0.05) is 24.1 Å². The molecule has 10 heteroatoms. The van der Waals surface area contributed by atoms with Gasteiger partial charge in [0.25, 0.3) is 11.7 Å². The Morgan fingerprint density at radius 1 is 1.03 bits per heavy atom. The fourth-order valence-corrected chi connectivity index (χ4v) is 3.78. The number of carbonyl (C=O) groups excluding carboxylic acids is 2. The summed E-state index contributed by atoms with van der Waals surface area (Å²) < 4.78 is 47.5. The number of halogens is 3. The molecule has 1 unspecified atom stereocenters. The molecule has 1 N–H and O–H groups in total. The molecule has 7 nitrogen and oxygen atoms in total. The second-order valence-electron chi connectivity index (χ2n) is 7.20. The Kier molecular flexibility index (Phi) is 5.97. The number of rotatable bonds is 5. The van der Waals surface area contributed by atoms with Crippen LogP contribution in [0.5, 0.6) is 11.5 Å². The molecule has 1 saturated heterocycles. The first-order valence-corrected chi connectivity index (χ1v) is 9.91. The number of alkyl halides is 3. The second-order valence-corrected chi connectivity index (χ2v) is 7.20. The monoisotopic (exact) mass is 470 g/mol. The summed E-state index contributed by atoms with van der Waals surface area (Å²) in [5.41, 5.74) is 0.316. The summed E-state index contributed by atoms with van der Waals surface area (Å²) in [5, 5.41) is 11.1. The summed E-state index contributed by atoms with van der Waals surface area (Å²) in [5.74, 6) is -2.82. The number of anilines is 1. The Labute approximate surface area is 191 Å². The van der Waals surface area contributed by atoms with E-state index in [-0.39, 0.29) is 22.6 Å². The standard InChI is InChI=1S/C24H17F3N2O5/c1-33-18-8-3-2-7-17(18)21(30)19-20(14-9-11-28-12-10-14)29(23(32)22(19)31)15-5-4-6-16(13-15)34-24(25,26)27/h2-13,20,30H,1H3/b21-19+. The van der Waals surface area contributed by atoms with Crippen LogP contribution < -0.4 is 14.4 Å². The van der Waals surface area contributed by atoms with E-state index in [2.05, 4.69) is 9.72 Å². The van der Waals surface area contributed by atoms with Crippen LogP contribution >= 0.6 is 0 Å². The van der Waals surface area contributed by atoms with Crippen LogP contribution in [0.15, 0.2) is 78.6 Å². The van der Waals surface area contributed by atoms with Crippen molar-refractivity contribution in [3.63, 3.8) is 0 Å². The van der Waals surface area contributed by atoms with Crippen LogP contribution in [0.1, 0.15) is 17.2 Å². The van der Waals surface area contributed by atoms with Crippen molar-refractivity contribution in [2.24, 2.45) is 0 Å². The molecule has 2 heterocycles. The maximum absolute atomic E-state index is 13.1. The van der Waals surface area contributed by atoms with Crippen molar-refractivity contribution in [2.75, 3.05) is 12.0 Å². The van der Waals surface area contributed by atoms with Gasteiger partial charge in [0.2, 0.25) is 0 Å². The molecular formula is C24H17F3N2O5. The number of aliphatic hydroxyl groups excluding tert-OH is 1. The number of pyridine rings is 1. The number of hydrogen-bond donors (Lipinski definition) is 1. The van der Waals surface area contributed by atoms with Crippen LogP contribution in [0, 0.1) is 0 Å². The number of aromatic nitrogens is 1. The van der Waals surface area contributed by atoms with Gasteiger partial charge in [0.1, 0.15) is 17.3 Å². The maximum atomic E-state index is 13.1. The highest BCUT2D eigenvalue weighted by Gasteiger charge is 2.47. The zero-order valence-corrected chi connectivity index (χ0v) is 17.6. The SMILES string of the molecule is COc1ccccc1/C(O)=C1\C(=O)C(=O)N(c2cccc(OC(F)(F)F)c2)C1c1ccncc1. The molecular weight excluding hydrogens is 453 g/mol. The second kappa shape index (κ2) is 8.89. The third-order valence-electron chi connectivity index (χ3n) is 5.16. The zero-order chi connectivity index (χ0) is 24.5. The average molecular weight is 470 g/mol. The first kappa shape index (κ1) is 22.8. The van der Waals surface area contributed by atoms with Gasteiger partial charge in [-0.1, -0.05) is 18.2 Å². The summed E-state index contributed by atoms with van der Waals surface area (Å²) in [6.45, 7) is 0. The van der Waals surface area contributed by atoms with Crippen molar-refractivity contribution in [1.82, 2.24) is 4.98 Å².